The van der Waals surface area contributed by atoms with Crippen LogP contribution in [0, 0.1) is 17.8 Å². The number of urea groups is 1. The van der Waals surface area contributed by atoms with Crippen LogP contribution >= 0.6 is 11.6 Å². The van der Waals surface area contributed by atoms with Gasteiger partial charge in [0.15, 0.2) is 0 Å². The van der Waals surface area contributed by atoms with E-state index in [-0.39, 0.29) is 24.1 Å². The topological polar surface area (TPSA) is 91.9 Å². The highest BCUT2D eigenvalue weighted by molar-refractivity contribution is 6.30. The molecule has 3 amide bonds. The highest BCUT2D eigenvalue weighted by atomic mass is 35.5. The second kappa shape index (κ2) is 13.5. The summed E-state index contributed by atoms with van der Waals surface area (Å²) in [6.45, 7) is 3.95. The van der Waals surface area contributed by atoms with Gasteiger partial charge in [-0.3, -0.25) is 0 Å². The van der Waals surface area contributed by atoms with Crippen molar-refractivity contribution in [3.63, 3.8) is 0 Å². The minimum atomic E-state index is -0.480. The lowest BCUT2D eigenvalue weighted by Crippen LogP contribution is -2.56. The van der Waals surface area contributed by atoms with Crippen molar-refractivity contribution < 1.29 is 19.1 Å². The molecule has 2 heterocycles. The van der Waals surface area contributed by atoms with Crippen LogP contribution in [0.1, 0.15) is 56.6 Å². The molecule has 9 heteroatoms. The Morgan fingerprint density at radius 2 is 2.08 bits per heavy atom. The first-order chi connectivity index (χ1) is 17.5. The molecule has 2 saturated heterocycles. The van der Waals surface area contributed by atoms with Crippen LogP contribution in [-0.2, 0) is 9.47 Å². The number of rotatable bonds is 9. The Bertz CT molecular complexity index is 868. The number of alkyl carbamates (subject to hydrolysis) is 1. The number of hydrogen-bond donors (Lipinski definition) is 3. The summed E-state index contributed by atoms with van der Waals surface area (Å²) in [7, 11) is 1.34. The molecule has 8 nitrogen and oxygen atoms in total. The van der Waals surface area contributed by atoms with Gasteiger partial charge in [0.05, 0.1) is 19.8 Å². The highest BCUT2D eigenvalue weighted by Crippen LogP contribution is 2.36. The van der Waals surface area contributed by atoms with Crippen LogP contribution < -0.4 is 16.0 Å². The number of piperidine rings is 2. The lowest BCUT2D eigenvalue weighted by atomic mass is 9.75. The molecule has 0 radical (unpaired) electrons. The molecule has 1 aliphatic carbocycles. The van der Waals surface area contributed by atoms with Gasteiger partial charge >= 0.3 is 12.1 Å². The van der Waals surface area contributed by atoms with Gasteiger partial charge in [0.1, 0.15) is 0 Å². The van der Waals surface area contributed by atoms with Crippen LogP contribution in [0.4, 0.5) is 9.59 Å². The van der Waals surface area contributed by atoms with Crippen molar-refractivity contribution in [2.45, 2.75) is 57.1 Å². The molecule has 1 aromatic carbocycles. The van der Waals surface area contributed by atoms with Crippen LogP contribution in [0.15, 0.2) is 24.3 Å². The molecule has 1 unspecified atom stereocenters. The summed E-state index contributed by atoms with van der Waals surface area (Å²) in [5, 5.41) is 10.2. The van der Waals surface area contributed by atoms with Gasteiger partial charge in [0, 0.05) is 43.2 Å². The summed E-state index contributed by atoms with van der Waals surface area (Å²) < 4.78 is 10.9. The average molecular weight is 521 g/mol. The third-order valence-corrected chi connectivity index (χ3v) is 8.23. The van der Waals surface area contributed by atoms with Crippen LogP contribution in [0.25, 0.3) is 0 Å². The number of halogens is 1. The largest absolute Gasteiger partial charge is 0.453 e. The molecule has 0 bridgehead atoms. The lowest BCUT2D eigenvalue weighted by Gasteiger charge is -2.40. The fourth-order valence-corrected chi connectivity index (χ4v) is 6.01. The first-order valence-corrected chi connectivity index (χ1v) is 13.9. The van der Waals surface area contributed by atoms with Crippen LogP contribution in [0.2, 0.25) is 5.02 Å². The molecule has 2 aliphatic heterocycles. The number of amides is 3. The molecule has 4 atom stereocenters. The van der Waals surface area contributed by atoms with E-state index in [2.05, 4.69) is 20.7 Å². The molecule has 3 N–H and O–H groups in total. The van der Waals surface area contributed by atoms with Crippen molar-refractivity contribution in [3.05, 3.63) is 34.9 Å². The molecule has 3 aliphatic rings. The predicted octanol–water partition coefficient (Wildman–Crippen LogP) is 4.34. The number of carbonyl (C=O) groups excluding carboxylic acids is 2. The van der Waals surface area contributed by atoms with Gasteiger partial charge in [-0.2, -0.15) is 0 Å². The molecule has 1 saturated carbocycles. The number of nitrogens with one attached hydrogen (secondary N) is 3. The minimum absolute atomic E-state index is 0.0317. The third-order valence-electron chi connectivity index (χ3n) is 8.00. The van der Waals surface area contributed by atoms with E-state index >= 15 is 0 Å². The van der Waals surface area contributed by atoms with Gasteiger partial charge in [-0.05, 0) is 61.8 Å². The van der Waals surface area contributed by atoms with Crippen molar-refractivity contribution >= 4 is 23.7 Å². The van der Waals surface area contributed by atoms with Crippen LogP contribution in [0.3, 0.4) is 0 Å². The second-order valence-electron chi connectivity index (χ2n) is 10.5. The fourth-order valence-electron chi connectivity index (χ4n) is 5.81. The van der Waals surface area contributed by atoms with Gasteiger partial charge in [0.25, 0.3) is 0 Å². The van der Waals surface area contributed by atoms with E-state index in [1.807, 2.05) is 29.2 Å². The Morgan fingerprint density at radius 3 is 2.83 bits per heavy atom. The van der Waals surface area contributed by atoms with E-state index in [1.165, 1.54) is 32.8 Å². The molecule has 3 fully saturated rings. The maximum absolute atomic E-state index is 13.4. The summed E-state index contributed by atoms with van der Waals surface area (Å²) in [5.74, 6) is 1.54. The molecular weight excluding hydrogens is 480 g/mol. The number of methoxy groups -OCH3 is 1. The second-order valence-corrected chi connectivity index (χ2v) is 10.9. The van der Waals surface area contributed by atoms with E-state index in [1.54, 1.807) is 0 Å². The Labute approximate surface area is 219 Å². The number of nitrogens with zero attached hydrogens (tertiary/aromatic N) is 1. The summed E-state index contributed by atoms with van der Waals surface area (Å²) in [6.07, 6.45) is 7.60. The van der Waals surface area contributed by atoms with Gasteiger partial charge < -0.3 is 30.3 Å². The zero-order chi connectivity index (χ0) is 25.3. The van der Waals surface area contributed by atoms with Gasteiger partial charge in [-0.25, -0.2) is 9.59 Å². The van der Waals surface area contributed by atoms with Gasteiger partial charge in [-0.15, -0.1) is 0 Å². The molecule has 0 spiro atoms. The van der Waals surface area contributed by atoms with E-state index < -0.39 is 6.09 Å². The molecule has 36 heavy (non-hydrogen) atoms. The van der Waals surface area contributed by atoms with E-state index in [4.69, 9.17) is 16.3 Å². The molecule has 1 aromatic rings. The maximum Gasteiger partial charge on any atom is 0.406 e. The summed E-state index contributed by atoms with van der Waals surface area (Å²) >= 11 is 6.29. The molecule has 4 rings (SSSR count). The minimum Gasteiger partial charge on any atom is -0.453 e. The third kappa shape index (κ3) is 7.49. The van der Waals surface area contributed by atoms with Crippen molar-refractivity contribution in [1.29, 1.82) is 0 Å². The standard InChI is InChI=1S/C27H41ClN4O4/c1-35-27(34)30-12-14-36-25(21-7-3-9-23(28)16-21)22-8-4-13-32(18-22)26(33)31-24-17-29-11-10-20(24)15-19-5-2-6-19/h3,7,9,16,19-20,22,24-25,29H,2,4-6,8,10-15,17-18H2,1H3,(H,30,34)(H,31,33)/t20-,22+,24+,25?/m0/s1. The Kier molecular flexibility index (Phi) is 10.1. The van der Waals surface area contributed by atoms with Crippen molar-refractivity contribution in [3.8, 4) is 0 Å². The molecule has 200 valence electrons. The first-order valence-electron chi connectivity index (χ1n) is 13.5. The summed E-state index contributed by atoms with van der Waals surface area (Å²) in [5.41, 5.74) is 0.991. The smallest absolute Gasteiger partial charge is 0.406 e. The Hall–Kier alpha value is -2.03. The first kappa shape index (κ1) is 27.0. The number of likely N-dealkylation sites (tertiary alicyclic amines) is 1. The Morgan fingerprint density at radius 1 is 1.22 bits per heavy atom. The zero-order valence-electron chi connectivity index (χ0n) is 21.3. The monoisotopic (exact) mass is 520 g/mol. The fraction of sp³-hybridized carbons (Fsp3) is 0.704. The van der Waals surface area contributed by atoms with E-state index in [0.717, 1.165) is 50.4 Å². The number of ether oxygens (including phenoxy) is 2. The predicted molar refractivity (Wildman–Crippen MR) is 140 cm³/mol. The molecule has 0 aromatic heterocycles. The SMILES string of the molecule is COC(=O)NCCOC(c1cccc(Cl)c1)[C@@H]1CCCN(C(=O)N[C@@H]2CNCC[C@H]2CC2CCC2)C1. The van der Waals surface area contributed by atoms with Crippen LogP contribution in [-0.4, -0.2) is 69.5 Å². The average Bonchev–Trinajstić information content (AvgIpc) is 2.87. The Balaban J connectivity index is 1.37. The van der Waals surface area contributed by atoms with Gasteiger partial charge in [-0.1, -0.05) is 43.0 Å². The number of carbonyl (C=O) groups is 2. The van der Waals surface area contributed by atoms with Gasteiger partial charge in [0.2, 0.25) is 0 Å². The van der Waals surface area contributed by atoms with E-state index in [9.17, 15) is 9.59 Å². The van der Waals surface area contributed by atoms with Crippen molar-refractivity contribution in [2.75, 3.05) is 46.4 Å². The van der Waals surface area contributed by atoms with Crippen LogP contribution in [0.5, 0.6) is 0 Å². The summed E-state index contributed by atoms with van der Waals surface area (Å²) in [6, 6.07) is 7.94. The zero-order valence-corrected chi connectivity index (χ0v) is 22.1. The van der Waals surface area contributed by atoms with Crippen molar-refractivity contribution in [1.82, 2.24) is 20.9 Å². The summed E-state index contributed by atoms with van der Waals surface area (Å²) in [4.78, 5) is 26.7. The highest BCUT2D eigenvalue weighted by Gasteiger charge is 2.34. The number of benzene rings is 1. The lowest BCUT2D eigenvalue weighted by molar-refractivity contribution is -0.00880. The quantitative estimate of drug-likeness (QED) is 0.421. The normalized spacial score (nSPS) is 25.5. The maximum atomic E-state index is 13.4. The van der Waals surface area contributed by atoms with Crippen molar-refractivity contribution in [2.24, 2.45) is 17.8 Å². The van der Waals surface area contributed by atoms with E-state index in [0.29, 0.717) is 30.6 Å². The number of hydrogen-bond acceptors (Lipinski definition) is 5. The molecular formula is C27H41ClN4O4.